The lowest BCUT2D eigenvalue weighted by molar-refractivity contribution is 0.477. The molecule has 1 unspecified atom stereocenters. The van der Waals surface area contributed by atoms with Crippen LogP contribution in [0.3, 0.4) is 0 Å². The molecule has 2 aromatic rings. The molecule has 2 nitrogen and oxygen atoms in total. The fraction of sp³-hybridized carbons (Fsp3) is 0.368. The molecule has 0 bridgehead atoms. The van der Waals surface area contributed by atoms with E-state index in [0.717, 1.165) is 29.9 Å². The molecule has 0 spiro atoms. The van der Waals surface area contributed by atoms with E-state index in [0.29, 0.717) is 0 Å². The SMILES string of the molecule is CCC(N)Cc1ccc(Oc2cc(C)cc(C)c2)c(C)c1. The van der Waals surface area contributed by atoms with Crippen LogP contribution in [0.15, 0.2) is 36.4 Å². The van der Waals surface area contributed by atoms with Crippen molar-refractivity contribution >= 4 is 0 Å². The van der Waals surface area contributed by atoms with Crippen molar-refractivity contribution in [3.63, 3.8) is 0 Å². The molecule has 0 fully saturated rings. The molecule has 21 heavy (non-hydrogen) atoms. The Bertz CT molecular complexity index is 599. The first-order chi connectivity index (χ1) is 9.97. The maximum absolute atomic E-state index is 6.03. The quantitative estimate of drug-likeness (QED) is 0.864. The molecule has 0 aliphatic rings. The molecule has 2 heteroatoms. The Balaban J connectivity index is 2.17. The number of hydrogen-bond acceptors (Lipinski definition) is 2. The van der Waals surface area contributed by atoms with Crippen LogP contribution in [0.2, 0.25) is 0 Å². The van der Waals surface area contributed by atoms with Crippen molar-refractivity contribution in [2.45, 2.75) is 46.6 Å². The topological polar surface area (TPSA) is 35.2 Å². The van der Waals surface area contributed by atoms with Crippen molar-refractivity contribution in [2.75, 3.05) is 0 Å². The molecule has 2 rings (SSSR count). The van der Waals surface area contributed by atoms with Crippen LogP contribution in [-0.2, 0) is 6.42 Å². The van der Waals surface area contributed by atoms with Crippen LogP contribution in [0.4, 0.5) is 0 Å². The Hall–Kier alpha value is -1.80. The highest BCUT2D eigenvalue weighted by Crippen LogP contribution is 2.27. The van der Waals surface area contributed by atoms with Crippen molar-refractivity contribution < 1.29 is 4.74 Å². The fourth-order valence-corrected chi connectivity index (χ4v) is 2.52. The summed E-state index contributed by atoms with van der Waals surface area (Å²) in [6.07, 6.45) is 1.92. The van der Waals surface area contributed by atoms with Crippen LogP contribution in [0.1, 0.15) is 35.6 Å². The highest BCUT2D eigenvalue weighted by Gasteiger charge is 2.06. The lowest BCUT2D eigenvalue weighted by Crippen LogP contribution is -2.21. The molecule has 0 radical (unpaired) electrons. The number of aryl methyl sites for hydroxylation is 3. The number of hydrogen-bond donors (Lipinski definition) is 1. The molecule has 1 atom stereocenters. The maximum atomic E-state index is 6.03. The van der Waals surface area contributed by atoms with Gasteiger partial charge in [0, 0.05) is 6.04 Å². The van der Waals surface area contributed by atoms with Gasteiger partial charge in [0.25, 0.3) is 0 Å². The van der Waals surface area contributed by atoms with E-state index in [4.69, 9.17) is 10.5 Å². The van der Waals surface area contributed by atoms with E-state index in [-0.39, 0.29) is 6.04 Å². The predicted molar refractivity (Wildman–Crippen MR) is 89.1 cm³/mol. The van der Waals surface area contributed by atoms with Crippen molar-refractivity contribution in [1.82, 2.24) is 0 Å². The van der Waals surface area contributed by atoms with Gasteiger partial charge in [0.05, 0.1) is 0 Å². The van der Waals surface area contributed by atoms with Crippen molar-refractivity contribution in [3.8, 4) is 11.5 Å². The van der Waals surface area contributed by atoms with E-state index in [2.05, 4.69) is 58.0 Å². The summed E-state index contributed by atoms with van der Waals surface area (Å²) in [6.45, 7) is 8.37. The van der Waals surface area contributed by atoms with Gasteiger partial charge in [0.1, 0.15) is 11.5 Å². The zero-order valence-electron chi connectivity index (χ0n) is 13.4. The largest absolute Gasteiger partial charge is 0.457 e. The number of rotatable bonds is 5. The van der Waals surface area contributed by atoms with Gasteiger partial charge >= 0.3 is 0 Å². The third-order valence-corrected chi connectivity index (χ3v) is 3.68. The average molecular weight is 283 g/mol. The average Bonchev–Trinajstić information content (AvgIpc) is 2.40. The number of benzene rings is 2. The third kappa shape index (κ3) is 4.33. The number of nitrogens with two attached hydrogens (primary N) is 1. The highest BCUT2D eigenvalue weighted by atomic mass is 16.5. The lowest BCUT2D eigenvalue weighted by atomic mass is 10.0. The summed E-state index contributed by atoms with van der Waals surface area (Å²) in [4.78, 5) is 0. The first kappa shape index (κ1) is 15.6. The summed E-state index contributed by atoms with van der Waals surface area (Å²) in [7, 11) is 0. The van der Waals surface area contributed by atoms with Crippen LogP contribution in [0.25, 0.3) is 0 Å². The third-order valence-electron chi connectivity index (χ3n) is 3.68. The van der Waals surface area contributed by atoms with Crippen LogP contribution >= 0.6 is 0 Å². The normalized spacial score (nSPS) is 12.2. The highest BCUT2D eigenvalue weighted by molar-refractivity contribution is 5.41. The standard InChI is InChI=1S/C19H25NO/c1-5-17(20)12-16-6-7-19(15(4)11-16)21-18-9-13(2)8-14(3)10-18/h6-11,17H,5,12,20H2,1-4H3. The molecule has 0 aliphatic carbocycles. The first-order valence-corrected chi connectivity index (χ1v) is 7.59. The van der Waals surface area contributed by atoms with Crippen LogP contribution in [0.5, 0.6) is 11.5 Å². The fourth-order valence-electron chi connectivity index (χ4n) is 2.52. The van der Waals surface area contributed by atoms with Gasteiger partial charge < -0.3 is 10.5 Å². The van der Waals surface area contributed by atoms with Crippen molar-refractivity contribution in [3.05, 3.63) is 58.7 Å². The zero-order valence-corrected chi connectivity index (χ0v) is 13.4. The summed E-state index contributed by atoms with van der Waals surface area (Å²) in [6, 6.07) is 12.8. The Morgan fingerprint density at radius 3 is 2.24 bits per heavy atom. The van der Waals surface area contributed by atoms with Crippen molar-refractivity contribution in [1.29, 1.82) is 0 Å². The van der Waals surface area contributed by atoms with Crippen molar-refractivity contribution in [2.24, 2.45) is 5.73 Å². The van der Waals surface area contributed by atoms with Crippen LogP contribution in [0, 0.1) is 20.8 Å². The van der Waals surface area contributed by atoms with Crippen LogP contribution < -0.4 is 10.5 Å². The first-order valence-electron chi connectivity index (χ1n) is 7.59. The Morgan fingerprint density at radius 1 is 1.00 bits per heavy atom. The van der Waals surface area contributed by atoms with E-state index in [1.165, 1.54) is 16.7 Å². The van der Waals surface area contributed by atoms with E-state index in [1.54, 1.807) is 0 Å². The lowest BCUT2D eigenvalue weighted by Gasteiger charge is -2.13. The second-order valence-electron chi connectivity index (χ2n) is 5.90. The van der Waals surface area contributed by atoms with Gasteiger partial charge in [-0.1, -0.05) is 25.1 Å². The van der Waals surface area contributed by atoms with Gasteiger partial charge in [-0.3, -0.25) is 0 Å². The smallest absolute Gasteiger partial charge is 0.130 e. The van der Waals surface area contributed by atoms with E-state index in [1.807, 2.05) is 6.07 Å². The summed E-state index contributed by atoms with van der Waals surface area (Å²) in [5.74, 6) is 1.81. The van der Waals surface area contributed by atoms with Crippen LogP contribution in [-0.4, -0.2) is 6.04 Å². The molecule has 0 saturated heterocycles. The molecule has 0 aromatic heterocycles. The van der Waals surface area contributed by atoms with Gasteiger partial charge in [0.2, 0.25) is 0 Å². The summed E-state index contributed by atoms with van der Waals surface area (Å²) in [5, 5.41) is 0. The molecule has 0 heterocycles. The minimum absolute atomic E-state index is 0.232. The second-order valence-corrected chi connectivity index (χ2v) is 5.90. The molecular formula is C19H25NO. The van der Waals surface area contributed by atoms with Gasteiger partial charge in [0.15, 0.2) is 0 Å². The minimum atomic E-state index is 0.232. The predicted octanol–water partition coefficient (Wildman–Crippen LogP) is 4.68. The van der Waals surface area contributed by atoms with E-state index >= 15 is 0 Å². The van der Waals surface area contributed by atoms with E-state index < -0.39 is 0 Å². The Kier molecular flexibility index (Phi) is 5.03. The molecule has 2 aromatic carbocycles. The Morgan fingerprint density at radius 2 is 1.67 bits per heavy atom. The second kappa shape index (κ2) is 6.77. The van der Waals surface area contributed by atoms with Gasteiger partial charge in [-0.05, 0) is 74.1 Å². The molecular weight excluding hydrogens is 258 g/mol. The molecule has 0 amide bonds. The molecule has 2 N–H and O–H groups in total. The zero-order chi connectivity index (χ0) is 15.4. The molecule has 112 valence electrons. The summed E-state index contributed by atoms with van der Waals surface area (Å²) < 4.78 is 6.03. The maximum Gasteiger partial charge on any atom is 0.130 e. The monoisotopic (exact) mass is 283 g/mol. The van der Waals surface area contributed by atoms with Gasteiger partial charge in [-0.2, -0.15) is 0 Å². The molecule has 0 aliphatic heterocycles. The van der Waals surface area contributed by atoms with Gasteiger partial charge in [-0.15, -0.1) is 0 Å². The van der Waals surface area contributed by atoms with E-state index in [9.17, 15) is 0 Å². The molecule has 0 saturated carbocycles. The number of ether oxygens (including phenoxy) is 1. The Labute approximate surface area is 127 Å². The van der Waals surface area contributed by atoms with Gasteiger partial charge in [-0.25, -0.2) is 0 Å². The minimum Gasteiger partial charge on any atom is -0.457 e. The summed E-state index contributed by atoms with van der Waals surface area (Å²) in [5.41, 5.74) is 10.9. The summed E-state index contributed by atoms with van der Waals surface area (Å²) >= 11 is 0.